The Morgan fingerprint density at radius 1 is 1.53 bits per heavy atom. The summed E-state index contributed by atoms with van der Waals surface area (Å²) in [5.74, 6) is 3.47. The summed E-state index contributed by atoms with van der Waals surface area (Å²) in [5.41, 5.74) is 7.14. The van der Waals surface area contributed by atoms with E-state index in [1.165, 1.54) is 5.56 Å². The highest BCUT2D eigenvalue weighted by Gasteiger charge is 2.03. The first-order valence-electron chi connectivity index (χ1n) is 5.08. The molecule has 0 aliphatic heterocycles. The van der Waals surface area contributed by atoms with Crippen molar-refractivity contribution >= 4 is 0 Å². The third-order valence-electron chi connectivity index (χ3n) is 2.29. The minimum absolute atomic E-state index is 0.133. The van der Waals surface area contributed by atoms with E-state index in [2.05, 4.69) is 12.0 Å². The van der Waals surface area contributed by atoms with Gasteiger partial charge in [0.2, 0.25) is 0 Å². The highest BCUT2D eigenvalue weighted by molar-refractivity contribution is 5.28. The zero-order chi connectivity index (χ0) is 11.1. The Hall–Kier alpha value is -1.46. The van der Waals surface area contributed by atoms with Gasteiger partial charge in [-0.15, -0.1) is 12.3 Å². The van der Waals surface area contributed by atoms with Crippen LogP contribution < -0.4 is 10.5 Å². The zero-order valence-electron chi connectivity index (χ0n) is 9.07. The maximum Gasteiger partial charge on any atom is 0.119 e. The maximum atomic E-state index is 5.95. The number of hydrogen-bond acceptors (Lipinski definition) is 2. The molecule has 15 heavy (non-hydrogen) atoms. The summed E-state index contributed by atoms with van der Waals surface area (Å²) < 4.78 is 5.14. The largest absolute Gasteiger partial charge is 0.497 e. The monoisotopic (exact) mass is 203 g/mol. The lowest BCUT2D eigenvalue weighted by Crippen LogP contribution is -2.22. The molecule has 80 valence electrons. The molecule has 2 nitrogen and oxygen atoms in total. The molecule has 0 spiro atoms. The topological polar surface area (TPSA) is 35.2 Å². The van der Waals surface area contributed by atoms with Crippen LogP contribution in [0, 0.1) is 12.3 Å². The van der Waals surface area contributed by atoms with Gasteiger partial charge in [0.15, 0.2) is 0 Å². The second-order valence-corrected chi connectivity index (χ2v) is 3.56. The Bertz CT molecular complexity index is 341. The van der Waals surface area contributed by atoms with Crippen LogP contribution in [0.25, 0.3) is 0 Å². The van der Waals surface area contributed by atoms with E-state index in [9.17, 15) is 0 Å². The van der Waals surface area contributed by atoms with E-state index < -0.39 is 0 Å². The van der Waals surface area contributed by atoms with Crippen LogP contribution >= 0.6 is 0 Å². The van der Waals surface area contributed by atoms with Gasteiger partial charge in [-0.25, -0.2) is 0 Å². The molecule has 0 saturated heterocycles. The first kappa shape index (κ1) is 11.6. The van der Waals surface area contributed by atoms with Crippen molar-refractivity contribution in [1.29, 1.82) is 0 Å². The second-order valence-electron chi connectivity index (χ2n) is 3.56. The SMILES string of the molecule is C#CCCC(N)Cc1cccc(OC)c1. The molecular formula is C13H17NO. The molecule has 2 heteroatoms. The van der Waals surface area contributed by atoms with Gasteiger partial charge in [-0.3, -0.25) is 0 Å². The lowest BCUT2D eigenvalue weighted by atomic mass is 10.0. The van der Waals surface area contributed by atoms with Gasteiger partial charge in [0, 0.05) is 12.5 Å². The molecule has 0 bridgehead atoms. The first-order chi connectivity index (χ1) is 7.26. The lowest BCUT2D eigenvalue weighted by molar-refractivity contribution is 0.414. The molecule has 0 heterocycles. The molecule has 0 fully saturated rings. The van der Waals surface area contributed by atoms with E-state index in [0.717, 1.165) is 25.0 Å². The molecule has 1 aromatic carbocycles. The summed E-state index contributed by atoms with van der Waals surface area (Å²) >= 11 is 0. The van der Waals surface area contributed by atoms with Crippen LogP contribution in [-0.2, 0) is 6.42 Å². The quantitative estimate of drug-likeness (QED) is 0.743. The number of terminal acetylenes is 1. The van der Waals surface area contributed by atoms with Crippen LogP contribution in [0.3, 0.4) is 0 Å². The van der Waals surface area contributed by atoms with E-state index >= 15 is 0 Å². The van der Waals surface area contributed by atoms with Crippen molar-refractivity contribution in [3.63, 3.8) is 0 Å². The summed E-state index contributed by atoms with van der Waals surface area (Å²) in [6, 6.07) is 8.10. The van der Waals surface area contributed by atoms with Gasteiger partial charge < -0.3 is 10.5 Å². The predicted molar refractivity (Wildman–Crippen MR) is 62.7 cm³/mol. The Labute approximate surface area is 91.4 Å². The van der Waals surface area contributed by atoms with E-state index in [0.29, 0.717) is 0 Å². The van der Waals surface area contributed by atoms with Crippen molar-refractivity contribution in [2.24, 2.45) is 5.73 Å². The fraction of sp³-hybridized carbons (Fsp3) is 0.385. The van der Waals surface area contributed by atoms with Crippen LogP contribution in [0.1, 0.15) is 18.4 Å². The first-order valence-corrected chi connectivity index (χ1v) is 5.08. The Balaban J connectivity index is 2.52. The van der Waals surface area contributed by atoms with Crippen LogP contribution in [-0.4, -0.2) is 13.2 Å². The van der Waals surface area contributed by atoms with Crippen LogP contribution in [0.2, 0.25) is 0 Å². The number of hydrogen-bond donors (Lipinski definition) is 1. The van der Waals surface area contributed by atoms with E-state index in [4.69, 9.17) is 16.9 Å². The number of rotatable bonds is 5. The molecule has 1 rings (SSSR count). The Morgan fingerprint density at radius 2 is 2.33 bits per heavy atom. The minimum atomic E-state index is 0.133. The molecule has 0 radical (unpaired) electrons. The molecule has 0 saturated carbocycles. The predicted octanol–water partition coefficient (Wildman–Crippen LogP) is 1.98. The van der Waals surface area contributed by atoms with Crippen molar-refractivity contribution in [3.05, 3.63) is 29.8 Å². The molecule has 2 N–H and O–H groups in total. The van der Waals surface area contributed by atoms with Crippen LogP contribution in [0.4, 0.5) is 0 Å². The van der Waals surface area contributed by atoms with Crippen molar-refractivity contribution in [1.82, 2.24) is 0 Å². The fourth-order valence-corrected chi connectivity index (χ4v) is 1.47. The van der Waals surface area contributed by atoms with Crippen LogP contribution in [0.15, 0.2) is 24.3 Å². The highest BCUT2D eigenvalue weighted by atomic mass is 16.5. The van der Waals surface area contributed by atoms with Crippen molar-refractivity contribution in [3.8, 4) is 18.1 Å². The molecule has 0 aliphatic rings. The van der Waals surface area contributed by atoms with Gasteiger partial charge >= 0.3 is 0 Å². The summed E-state index contributed by atoms with van der Waals surface area (Å²) in [4.78, 5) is 0. The third-order valence-corrected chi connectivity index (χ3v) is 2.29. The molecule has 1 aromatic rings. The smallest absolute Gasteiger partial charge is 0.119 e. The molecule has 0 aliphatic carbocycles. The zero-order valence-corrected chi connectivity index (χ0v) is 9.07. The van der Waals surface area contributed by atoms with Gasteiger partial charge in [0.1, 0.15) is 5.75 Å². The summed E-state index contributed by atoms with van der Waals surface area (Å²) in [6.45, 7) is 0. The van der Waals surface area contributed by atoms with Gasteiger partial charge in [0.05, 0.1) is 7.11 Å². The third kappa shape index (κ3) is 4.05. The molecule has 1 atom stereocenters. The van der Waals surface area contributed by atoms with E-state index in [1.807, 2.05) is 18.2 Å². The Morgan fingerprint density at radius 3 is 3.00 bits per heavy atom. The van der Waals surface area contributed by atoms with Crippen molar-refractivity contribution < 1.29 is 4.74 Å². The van der Waals surface area contributed by atoms with E-state index in [-0.39, 0.29) is 6.04 Å². The minimum Gasteiger partial charge on any atom is -0.497 e. The average Bonchev–Trinajstić information content (AvgIpc) is 2.26. The Kier molecular flexibility index (Phi) is 4.73. The molecule has 0 aromatic heterocycles. The van der Waals surface area contributed by atoms with Crippen molar-refractivity contribution in [2.75, 3.05) is 7.11 Å². The number of ether oxygens (including phenoxy) is 1. The highest BCUT2D eigenvalue weighted by Crippen LogP contribution is 2.14. The summed E-state index contributed by atoms with van der Waals surface area (Å²) in [7, 11) is 1.66. The summed E-state index contributed by atoms with van der Waals surface area (Å²) in [5, 5.41) is 0. The normalized spacial score (nSPS) is 11.8. The number of nitrogens with two attached hydrogens (primary N) is 1. The standard InChI is InChI=1S/C13H17NO/c1-3-4-7-12(14)9-11-6-5-8-13(10-11)15-2/h1,5-6,8,10,12H,4,7,9,14H2,2H3. The molecule has 0 amide bonds. The van der Waals surface area contributed by atoms with E-state index in [1.54, 1.807) is 7.11 Å². The van der Waals surface area contributed by atoms with Crippen molar-refractivity contribution in [2.45, 2.75) is 25.3 Å². The second kappa shape index (κ2) is 6.10. The average molecular weight is 203 g/mol. The van der Waals surface area contributed by atoms with Gasteiger partial charge in [-0.2, -0.15) is 0 Å². The fourth-order valence-electron chi connectivity index (χ4n) is 1.47. The summed E-state index contributed by atoms with van der Waals surface area (Å²) in [6.07, 6.45) is 7.65. The number of methoxy groups -OCH3 is 1. The van der Waals surface area contributed by atoms with Gasteiger partial charge in [-0.1, -0.05) is 12.1 Å². The lowest BCUT2D eigenvalue weighted by Gasteiger charge is -2.10. The maximum absolute atomic E-state index is 5.95. The van der Waals surface area contributed by atoms with Crippen LogP contribution in [0.5, 0.6) is 5.75 Å². The van der Waals surface area contributed by atoms with Gasteiger partial charge in [0.25, 0.3) is 0 Å². The molecular weight excluding hydrogens is 186 g/mol. The molecule has 1 unspecified atom stereocenters. The number of benzene rings is 1. The van der Waals surface area contributed by atoms with Gasteiger partial charge in [-0.05, 0) is 30.5 Å².